The maximum absolute atomic E-state index is 12.8. The van der Waals surface area contributed by atoms with Gasteiger partial charge in [0.15, 0.2) is 0 Å². The Morgan fingerprint density at radius 2 is 1.80 bits per heavy atom. The number of hydrogen-bond donors (Lipinski definition) is 0. The SMILES string of the molecule is O=C([O-])Cc1c(C(F)(F)F)ccn1-c1ccc(Cl)cc1. The van der Waals surface area contributed by atoms with E-state index in [0.29, 0.717) is 10.7 Å². The molecule has 0 saturated heterocycles. The van der Waals surface area contributed by atoms with Crippen molar-refractivity contribution in [1.82, 2.24) is 4.57 Å². The lowest BCUT2D eigenvalue weighted by Gasteiger charge is -2.14. The summed E-state index contributed by atoms with van der Waals surface area (Å²) >= 11 is 5.71. The molecule has 0 N–H and O–H groups in total. The van der Waals surface area contributed by atoms with Crippen LogP contribution in [0.1, 0.15) is 11.3 Å². The fraction of sp³-hybridized carbons (Fsp3) is 0.154. The molecule has 1 aromatic carbocycles. The molecule has 1 aromatic heterocycles. The molecule has 0 bridgehead atoms. The molecule has 0 radical (unpaired) electrons. The average molecular weight is 303 g/mol. The Balaban J connectivity index is 2.56. The van der Waals surface area contributed by atoms with Gasteiger partial charge < -0.3 is 14.5 Å². The number of hydrogen-bond acceptors (Lipinski definition) is 2. The molecular weight excluding hydrogens is 295 g/mol. The van der Waals surface area contributed by atoms with Crippen molar-refractivity contribution in [2.45, 2.75) is 12.6 Å². The van der Waals surface area contributed by atoms with E-state index < -0.39 is 24.1 Å². The number of nitrogens with zero attached hydrogens (tertiary/aromatic N) is 1. The molecular formula is C13H8ClF3NO2-. The summed E-state index contributed by atoms with van der Waals surface area (Å²) in [7, 11) is 0. The summed E-state index contributed by atoms with van der Waals surface area (Å²) in [5.41, 5.74) is -0.974. The second kappa shape index (κ2) is 5.20. The van der Waals surface area contributed by atoms with Crippen molar-refractivity contribution in [1.29, 1.82) is 0 Å². The third kappa shape index (κ3) is 2.96. The van der Waals surface area contributed by atoms with Crippen LogP contribution in [0.25, 0.3) is 5.69 Å². The van der Waals surface area contributed by atoms with Crippen LogP contribution in [0.2, 0.25) is 5.02 Å². The highest BCUT2D eigenvalue weighted by atomic mass is 35.5. The Morgan fingerprint density at radius 3 is 2.30 bits per heavy atom. The lowest BCUT2D eigenvalue weighted by molar-refractivity contribution is -0.304. The second-order valence-electron chi connectivity index (χ2n) is 4.07. The molecule has 0 aliphatic carbocycles. The molecule has 2 aromatic rings. The molecule has 2 rings (SSSR count). The van der Waals surface area contributed by atoms with Gasteiger partial charge in [0, 0.05) is 35.0 Å². The highest BCUT2D eigenvalue weighted by Crippen LogP contribution is 2.34. The Kier molecular flexibility index (Phi) is 3.76. The molecule has 0 amide bonds. The molecule has 1 heterocycles. The number of carboxylic acids is 1. The predicted octanol–water partition coefficient (Wildman–Crippen LogP) is 2.44. The van der Waals surface area contributed by atoms with Crippen molar-refractivity contribution < 1.29 is 23.1 Å². The smallest absolute Gasteiger partial charge is 0.418 e. The first-order valence-corrected chi connectivity index (χ1v) is 5.90. The van der Waals surface area contributed by atoms with Gasteiger partial charge in [-0.15, -0.1) is 0 Å². The van der Waals surface area contributed by atoms with Crippen LogP contribution < -0.4 is 5.11 Å². The molecule has 0 saturated carbocycles. The number of aromatic nitrogens is 1. The first-order chi connectivity index (χ1) is 9.29. The number of alkyl halides is 3. The summed E-state index contributed by atoms with van der Waals surface area (Å²) < 4.78 is 39.7. The molecule has 20 heavy (non-hydrogen) atoms. The highest BCUT2D eigenvalue weighted by molar-refractivity contribution is 6.30. The quantitative estimate of drug-likeness (QED) is 0.874. The molecule has 0 aliphatic rings. The van der Waals surface area contributed by atoms with Gasteiger partial charge in [-0.05, 0) is 30.3 Å². The van der Waals surface area contributed by atoms with Gasteiger partial charge in [-0.3, -0.25) is 0 Å². The van der Waals surface area contributed by atoms with Crippen LogP contribution >= 0.6 is 11.6 Å². The van der Waals surface area contributed by atoms with Crippen molar-refractivity contribution in [2.24, 2.45) is 0 Å². The Bertz CT molecular complexity index is 632. The zero-order chi connectivity index (χ0) is 14.9. The Labute approximate surface area is 117 Å². The van der Waals surface area contributed by atoms with Gasteiger partial charge in [-0.25, -0.2) is 0 Å². The molecule has 0 unspecified atom stereocenters. The maximum Gasteiger partial charge on any atom is 0.418 e. The van der Waals surface area contributed by atoms with Crippen LogP contribution in [0, 0.1) is 0 Å². The van der Waals surface area contributed by atoms with E-state index in [-0.39, 0.29) is 5.69 Å². The zero-order valence-corrected chi connectivity index (χ0v) is 10.7. The summed E-state index contributed by atoms with van der Waals surface area (Å²) in [4.78, 5) is 10.7. The van der Waals surface area contributed by atoms with E-state index in [0.717, 1.165) is 10.6 Å². The first-order valence-electron chi connectivity index (χ1n) is 5.52. The third-order valence-corrected chi connectivity index (χ3v) is 2.97. The van der Waals surface area contributed by atoms with Crippen LogP contribution in [0.3, 0.4) is 0 Å². The van der Waals surface area contributed by atoms with Crippen molar-refractivity contribution in [2.75, 3.05) is 0 Å². The highest BCUT2D eigenvalue weighted by Gasteiger charge is 2.35. The largest absolute Gasteiger partial charge is 0.550 e. The van der Waals surface area contributed by atoms with Gasteiger partial charge in [0.05, 0.1) is 5.56 Å². The van der Waals surface area contributed by atoms with Crippen LogP contribution in [0.4, 0.5) is 13.2 Å². The Morgan fingerprint density at radius 1 is 1.20 bits per heavy atom. The minimum atomic E-state index is -4.62. The number of rotatable bonds is 3. The summed E-state index contributed by atoms with van der Waals surface area (Å²) in [5, 5.41) is 11.1. The predicted molar refractivity (Wildman–Crippen MR) is 64.5 cm³/mol. The van der Waals surface area contributed by atoms with Gasteiger partial charge in [-0.1, -0.05) is 11.6 Å². The lowest BCUT2D eigenvalue weighted by atomic mass is 10.2. The number of halogens is 4. The van der Waals surface area contributed by atoms with Crippen LogP contribution in [0.5, 0.6) is 0 Å². The van der Waals surface area contributed by atoms with Crippen molar-refractivity contribution in [3.05, 3.63) is 52.8 Å². The Hall–Kier alpha value is -1.95. The third-order valence-electron chi connectivity index (χ3n) is 2.71. The molecule has 0 fully saturated rings. The van der Waals surface area contributed by atoms with Crippen molar-refractivity contribution in [3.8, 4) is 5.69 Å². The number of carbonyl (C=O) groups is 1. The minimum absolute atomic E-state index is 0.375. The normalized spacial score (nSPS) is 11.6. The summed E-state index contributed by atoms with van der Waals surface area (Å²) in [6, 6.07) is 6.86. The fourth-order valence-electron chi connectivity index (χ4n) is 1.88. The monoisotopic (exact) mass is 302 g/mol. The van der Waals surface area contributed by atoms with Gasteiger partial charge in [-0.2, -0.15) is 13.2 Å². The van der Waals surface area contributed by atoms with E-state index in [1.54, 1.807) is 0 Å². The van der Waals surface area contributed by atoms with Gasteiger partial charge in [0.25, 0.3) is 0 Å². The zero-order valence-electron chi connectivity index (χ0n) is 9.95. The van der Waals surface area contributed by atoms with Crippen molar-refractivity contribution in [3.63, 3.8) is 0 Å². The van der Waals surface area contributed by atoms with Gasteiger partial charge >= 0.3 is 6.18 Å². The number of carboxylic acid groups (broad SMARTS) is 1. The number of aliphatic carboxylic acids is 1. The molecule has 7 heteroatoms. The van der Waals surface area contributed by atoms with Crippen LogP contribution in [-0.2, 0) is 17.4 Å². The second-order valence-corrected chi connectivity index (χ2v) is 4.51. The van der Waals surface area contributed by atoms with E-state index in [1.807, 2.05) is 0 Å². The van der Waals surface area contributed by atoms with E-state index >= 15 is 0 Å². The van der Waals surface area contributed by atoms with Gasteiger partial charge in [0.2, 0.25) is 0 Å². The summed E-state index contributed by atoms with van der Waals surface area (Å²) in [6.07, 6.45) is -4.28. The lowest BCUT2D eigenvalue weighted by Crippen LogP contribution is -2.27. The summed E-state index contributed by atoms with van der Waals surface area (Å²) in [6.45, 7) is 0. The number of benzene rings is 1. The van der Waals surface area contributed by atoms with Gasteiger partial charge in [0.1, 0.15) is 0 Å². The topological polar surface area (TPSA) is 45.1 Å². The molecule has 0 spiro atoms. The minimum Gasteiger partial charge on any atom is -0.550 e. The first kappa shape index (κ1) is 14.5. The molecule has 106 valence electrons. The molecule has 0 aliphatic heterocycles. The molecule has 3 nitrogen and oxygen atoms in total. The fourth-order valence-corrected chi connectivity index (χ4v) is 2.01. The van der Waals surface area contributed by atoms with E-state index in [1.165, 1.54) is 30.5 Å². The van der Waals surface area contributed by atoms with Crippen LogP contribution in [0.15, 0.2) is 36.5 Å². The van der Waals surface area contributed by atoms with Crippen LogP contribution in [-0.4, -0.2) is 10.5 Å². The maximum atomic E-state index is 12.8. The summed E-state index contributed by atoms with van der Waals surface area (Å²) in [5.74, 6) is -1.58. The number of carbonyl (C=O) groups excluding carboxylic acids is 1. The van der Waals surface area contributed by atoms with Crippen molar-refractivity contribution >= 4 is 17.6 Å². The average Bonchev–Trinajstić information content (AvgIpc) is 2.72. The van der Waals surface area contributed by atoms with E-state index in [4.69, 9.17) is 11.6 Å². The van der Waals surface area contributed by atoms with E-state index in [2.05, 4.69) is 0 Å². The molecule has 0 atom stereocenters. The van der Waals surface area contributed by atoms with E-state index in [9.17, 15) is 23.1 Å². The standard InChI is InChI=1S/C13H9ClF3NO2/c14-8-1-3-9(4-2-8)18-6-5-10(13(15,16)17)11(18)7-12(19)20/h1-6H,7H2,(H,19,20)/p-1.